The summed E-state index contributed by atoms with van der Waals surface area (Å²) in [7, 11) is 0. The first-order valence-corrected chi connectivity index (χ1v) is 7.06. The van der Waals surface area contributed by atoms with Gasteiger partial charge in [0.2, 0.25) is 0 Å². The van der Waals surface area contributed by atoms with Gasteiger partial charge in [0.15, 0.2) is 0 Å². The van der Waals surface area contributed by atoms with E-state index in [2.05, 4.69) is 5.32 Å². The molecule has 0 radical (unpaired) electrons. The molecule has 0 bridgehead atoms. The van der Waals surface area contributed by atoms with Crippen LogP contribution in [0.4, 0.5) is 4.79 Å². The molecule has 1 aliphatic rings. The third-order valence-electron chi connectivity index (χ3n) is 3.45. The van der Waals surface area contributed by atoms with E-state index < -0.39 is 11.9 Å². The highest BCUT2D eigenvalue weighted by Gasteiger charge is 2.34. The van der Waals surface area contributed by atoms with E-state index in [1.807, 2.05) is 34.6 Å². The Morgan fingerprint density at radius 3 is 2.50 bits per heavy atom. The van der Waals surface area contributed by atoms with Crippen molar-refractivity contribution in [1.82, 2.24) is 10.2 Å². The maximum absolute atomic E-state index is 12.1. The number of aliphatic carboxylic acids is 1. The van der Waals surface area contributed by atoms with Gasteiger partial charge in [0, 0.05) is 13.1 Å². The number of carbonyl (C=O) groups is 2. The van der Waals surface area contributed by atoms with Crippen LogP contribution in [0.1, 0.15) is 34.6 Å². The largest absolute Gasteiger partial charge is 0.481 e. The van der Waals surface area contributed by atoms with Crippen LogP contribution in [-0.2, 0) is 9.53 Å². The molecule has 1 heterocycles. The maximum atomic E-state index is 12.1. The number of nitrogens with zero attached hydrogens (tertiary/aromatic N) is 1. The molecule has 1 saturated heterocycles. The fraction of sp³-hybridized carbons (Fsp3) is 0.857. The zero-order valence-electron chi connectivity index (χ0n) is 13.0. The molecule has 0 saturated carbocycles. The first-order valence-electron chi connectivity index (χ1n) is 7.06. The second kappa shape index (κ2) is 6.43. The van der Waals surface area contributed by atoms with Crippen LogP contribution in [0.5, 0.6) is 0 Å². The number of nitrogens with one attached hydrogen (secondary N) is 1. The van der Waals surface area contributed by atoms with Crippen molar-refractivity contribution in [2.45, 2.75) is 46.3 Å². The van der Waals surface area contributed by atoms with E-state index in [9.17, 15) is 9.59 Å². The van der Waals surface area contributed by atoms with Crippen molar-refractivity contribution >= 4 is 12.0 Å². The fourth-order valence-corrected chi connectivity index (χ4v) is 2.53. The van der Waals surface area contributed by atoms with Crippen LogP contribution in [0.25, 0.3) is 0 Å². The molecule has 6 heteroatoms. The first-order chi connectivity index (χ1) is 9.12. The molecule has 116 valence electrons. The quantitative estimate of drug-likeness (QED) is 0.822. The summed E-state index contributed by atoms with van der Waals surface area (Å²) in [5, 5.41) is 11.8. The van der Waals surface area contributed by atoms with Crippen molar-refractivity contribution in [1.29, 1.82) is 0 Å². The Hall–Kier alpha value is -1.30. The highest BCUT2D eigenvalue weighted by atomic mass is 16.5. The molecule has 0 spiro atoms. The molecule has 0 aromatic heterocycles. The van der Waals surface area contributed by atoms with Crippen LogP contribution in [0.3, 0.4) is 0 Å². The van der Waals surface area contributed by atoms with E-state index >= 15 is 0 Å². The number of rotatable bonds is 4. The Balaban J connectivity index is 2.56. The summed E-state index contributed by atoms with van der Waals surface area (Å²) in [5.74, 6) is -1.46. The molecule has 6 nitrogen and oxygen atoms in total. The Labute approximate surface area is 120 Å². The van der Waals surface area contributed by atoms with Crippen LogP contribution >= 0.6 is 0 Å². The fourth-order valence-electron chi connectivity index (χ4n) is 2.53. The van der Waals surface area contributed by atoms with Gasteiger partial charge in [-0.05, 0) is 26.7 Å². The predicted octanol–water partition coefficient (Wildman–Crippen LogP) is 1.55. The highest BCUT2D eigenvalue weighted by Crippen LogP contribution is 2.20. The summed E-state index contributed by atoms with van der Waals surface area (Å²) in [6.45, 7) is 10.7. The van der Waals surface area contributed by atoms with Crippen LogP contribution < -0.4 is 5.32 Å². The van der Waals surface area contributed by atoms with E-state index in [1.165, 1.54) is 0 Å². The SMILES string of the molecule is CC1CN(C(=O)NCC(C(=O)O)C(C)C)CC(C)(C)O1. The van der Waals surface area contributed by atoms with Gasteiger partial charge in [0.25, 0.3) is 0 Å². The second-order valence-electron chi connectivity index (χ2n) is 6.44. The van der Waals surface area contributed by atoms with Gasteiger partial charge in [-0.3, -0.25) is 4.79 Å². The summed E-state index contributed by atoms with van der Waals surface area (Å²) >= 11 is 0. The molecule has 0 aliphatic carbocycles. The Kier molecular flexibility index (Phi) is 5.39. The van der Waals surface area contributed by atoms with E-state index in [0.717, 1.165) is 0 Å². The number of morpholine rings is 1. The number of ether oxygens (including phenoxy) is 1. The number of urea groups is 1. The molecule has 20 heavy (non-hydrogen) atoms. The lowest BCUT2D eigenvalue weighted by Crippen LogP contribution is -2.56. The van der Waals surface area contributed by atoms with Gasteiger partial charge in [-0.15, -0.1) is 0 Å². The number of hydrogen-bond donors (Lipinski definition) is 2. The third-order valence-corrected chi connectivity index (χ3v) is 3.45. The number of carboxylic acids is 1. The average molecular weight is 286 g/mol. The first kappa shape index (κ1) is 16.8. The molecule has 1 aliphatic heterocycles. The zero-order valence-corrected chi connectivity index (χ0v) is 13.0. The summed E-state index contributed by atoms with van der Waals surface area (Å²) in [6.07, 6.45) is -0.0233. The lowest BCUT2D eigenvalue weighted by Gasteiger charge is -2.41. The smallest absolute Gasteiger partial charge is 0.317 e. The topological polar surface area (TPSA) is 78.9 Å². The minimum Gasteiger partial charge on any atom is -0.481 e. The Bertz CT molecular complexity index is 368. The number of amides is 2. The molecule has 0 aromatic rings. The standard InChI is InChI=1S/C14H26N2O4/c1-9(2)11(12(17)18)6-15-13(19)16-7-10(3)20-14(4,5)8-16/h9-11H,6-8H2,1-5H3,(H,15,19)(H,17,18). The zero-order chi connectivity index (χ0) is 15.5. The van der Waals surface area contributed by atoms with Crippen LogP contribution in [0, 0.1) is 11.8 Å². The van der Waals surface area contributed by atoms with Gasteiger partial charge < -0.3 is 20.1 Å². The van der Waals surface area contributed by atoms with Gasteiger partial charge in [-0.25, -0.2) is 4.79 Å². The molecule has 2 unspecified atom stereocenters. The van der Waals surface area contributed by atoms with Gasteiger partial charge >= 0.3 is 12.0 Å². The molecule has 0 aromatic carbocycles. The summed E-state index contributed by atoms with van der Waals surface area (Å²) < 4.78 is 5.74. The van der Waals surface area contributed by atoms with Crippen molar-refractivity contribution in [2.24, 2.45) is 11.8 Å². The second-order valence-corrected chi connectivity index (χ2v) is 6.44. The van der Waals surface area contributed by atoms with Crippen molar-refractivity contribution in [3.05, 3.63) is 0 Å². The average Bonchev–Trinajstić information content (AvgIpc) is 2.25. The molecule has 2 atom stereocenters. The molecule has 2 amide bonds. The van der Waals surface area contributed by atoms with Crippen LogP contribution in [0.2, 0.25) is 0 Å². The molecule has 2 N–H and O–H groups in total. The van der Waals surface area contributed by atoms with E-state index in [4.69, 9.17) is 9.84 Å². The highest BCUT2D eigenvalue weighted by molar-refractivity contribution is 5.76. The number of carbonyl (C=O) groups excluding carboxylic acids is 1. The van der Waals surface area contributed by atoms with Crippen LogP contribution in [0.15, 0.2) is 0 Å². The van der Waals surface area contributed by atoms with Gasteiger partial charge in [-0.1, -0.05) is 13.8 Å². The van der Waals surface area contributed by atoms with Crippen LogP contribution in [-0.4, -0.2) is 53.3 Å². The predicted molar refractivity (Wildman–Crippen MR) is 75.6 cm³/mol. The Morgan fingerprint density at radius 1 is 1.45 bits per heavy atom. The lowest BCUT2D eigenvalue weighted by molar-refractivity contribution is -0.143. The minimum absolute atomic E-state index is 0.0205. The Morgan fingerprint density at radius 2 is 2.05 bits per heavy atom. The maximum Gasteiger partial charge on any atom is 0.317 e. The normalized spacial score (nSPS) is 23.5. The van der Waals surface area contributed by atoms with E-state index in [-0.39, 0.29) is 30.2 Å². The third kappa shape index (κ3) is 4.67. The van der Waals surface area contributed by atoms with Crippen molar-refractivity contribution in [3.8, 4) is 0 Å². The van der Waals surface area contributed by atoms with Crippen molar-refractivity contribution < 1.29 is 19.4 Å². The number of hydrogen-bond acceptors (Lipinski definition) is 3. The summed E-state index contributed by atoms with van der Waals surface area (Å²) in [4.78, 5) is 24.9. The van der Waals surface area contributed by atoms with Gasteiger partial charge in [0.05, 0.1) is 24.2 Å². The molecule has 1 rings (SSSR count). The molecule has 1 fully saturated rings. The van der Waals surface area contributed by atoms with Crippen molar-refractivity contribution in [3.63, 3.8) is 0 Å². The monoisotopic (exact) mass is 286 g/mol. The van der Waals surface area contributed by atoms with Gasteiger partial charge in [-0.2, -0.15) is 0 Å². The van der Waals surface area contributed by atoms with E-state index in [1.54, 1.807) is 4.90 Å². The number of carboxylic acid groups (broad SMARTS) is 1. The molecular formula is C14H26N2O4. The summed E-state index contributed by atoms with van der Waals surface area (Å²) in [6, 6.07) is -0.222. The molecular weight excluding hydrogens is 260 g/mol. The lowest BCUT2D eigenvalue weighted by atomic mass is 9.96. The van der Waals surface area contributed by atoms with E-state index in [0.29, 0.717) is 13.1 Å². The minimum atomic E-state index is -0.879. The van der Waals surface area contributed by atoms with Crippen molar-refractivity contribution in [2.75, 3.05) is 19.6 Å². The summed E-state index contributed by atoms with van der Waals surface area (Å²) in [5.41, 5.74) is -0.376. The van der Waals surface area contributed by atoms with Gasteiger partial charge in [0.1, 0.15) is 0 Å².